The second-order valence-electron chi connectivity index (χ2n) is 8.02. The molecule has 1 aliphatic rings. The van der Waals surface area contributed by atoms with Crippen LogP contribution in [0.2, 0.25) is 0 Å². The van der Waals surface area contributed by atoms with Gasteiger partial charge in [0.1, 0.15) is 5.75 Å². The van der Waals surface area contributed by atoms with Gasteiger partial charge in [-0.1, -0.05) is 32.9 Å². The minimum Gasteiger partial charge on any atom is -0.497 e. The van der Waals surface area contributed by atoms with E-state index in [0.29, 0.717) is 31.7 Å². The Kier molecular flexibility index (Phi) is 6.83. The molecule has 2 aromatic rings. The molecular weight excluding hydrogens is 400 g/mol. The first-order valence-electron chi connectivity index (χ1n) is 10.3. The number of hydrogen-bond acceptors (Lipinski definition) is 4. The minimum atomic E-state index is -3.72. The highest BCUT2D eigenvalue weighted by Crippen LogP contribution is 2.32. The van der Waals surface area contributed by atoms with Crippen molar-refractivity contribution in [1.82, 2.24) is 4.72 Å². The number of benzene rings is 2. The maximum absolute atomic E-state index is 13.2. The van der Waals surface area contributed by atoms with Gasteiger partial charge in [0, 0.05) is 24.7 Å². The van der Waals surface area contributed by atoms with E-state index in [0.717, 1.165) is 22.6 Å². The molecule has 3 rings (SSSR count). The monoisotopic (exact) mass is 430 g/mol. The van der Waals surface area contributed by atoms with Gasteiger partial charge in [0.2, 0.25) is 15.9 Å². The summed E-state index contributed by atoms with van der Waals surface area (Å²) in [6, 6.07) is 12.2. The van der Waals surface area contributed by atoms with Crippen molar-refractivity contribution >= 4 is 21.6 Å². The number of fused-ring (bicyclic) bond motifs is 1. The molecule has 1 amide bonds. The number of anilines is 1. The fraction of sp³-hybridized carbons (Fsp3) is 0.435. The molecule has 0 bridgehead atoms. The van der Waals surface area contributed by atoms with E-state index in [9.17, 15) is 13.2 Å². The second-order valence-corrected chi connectivity index (χ2v) is 9.73. The number of nitrogens with zero attached hydrogens (tertiary/aromatic N) is 1. The van der Waals surface area contributed by atoms with Crippen LogP contribution in [-0.4, -0.2) is 28.0 Å². The Labute approximate surface area is 179 Å². The fourth-order valence-electron chi connectivity index (χ4n) is 3.81. The van der Waals surface area contributed by atoms with Gasteiger partial charge in [-0.05, 0) is 60.2 Å². The molecule has 1 atom stereocenters. The van der Waals surface area contributed by atoms with Crippen LogP contribution in [0.15, 0.2) is 47.4 Å². The number of amides is 1. The van der Waals surface area contributed by atoms with Gasteiger partial charge in [-0.25, -0.2) is 13.1 Å². The third kappa shape index (κ3) is 4.84. The number of methoxy groups -OCH3 is 1. The van der Waals surface area contributed by atoms with Crippen LogP contribution >= 0.6 is 0 Å². The van der Waals surface area contributed by atoms with Gasteiger partial charge in [0.05, 0.1) is 12.0 Å². The maximum Gasteiger partial charge on any atom is 0.241 e. The Morgan fingerprint density at radius 3 is 2.47 bits per heavy atom. The van der Waals surface area contributed by atoms with Crippen molar-refractivity contribution in [2.24, 2.45) is 5.92 Å². The zero-order valence-corrected chi connectivity index (χ0v) is 18.8. The first-order valence-corrected chi connectivity index (χ1v) is 11.8. The van der Waals surface area contributed by atoms with Crippen molar-refractivity contribution in [3.8, 4) is 5.75 Å². The number of carbonyl (C=O) groups is 1. The van der Waals surface area contributed by atoms with Crippen LogP contribution in [0, 0.1) is 5.92 Å². The molecule has 0 fully saturated rings. The summed E-state index contributed by atoms with van der Waals surface area (Å²) in [7, 11) is -2.11. The summed E-state index contributed by atoms with van der Waals surface area (Å²) in [4.78, 5) is 14.1. The second kappa shape index (κ2) is 9.18. The summed E-state index contributed by atoms with van der Waals surface area (Å²) in [6.07, 6.45) is 1.77. The van der Waals surface area contributed by atoms with Gasteiger partial charge in [-0.15, -0.1) is 0 Å². The molecule has 0 spiro atoms. The van der Waals surface area contributed by atoms with Crippen molar-refractivity contribution in [3.63, 3.8) is 0 Å². The fourth-order valence-corrected chi connectivity index (χ4v) is 5.10. The average Bonchev–Trinajstić information content (AvgIpc) is 3.15. The van der Waals surface area contributed by atoms with E-state index in [1.54, 1.807) is 30.2 Å². The molecule has 0 saturated carbocycles. The smallest absolute Gasteiger partial charge is 0.241 e. The molecular formula is C23H30N2O4S. The predicted molar refractivity (Wildman–Crippen MR) is 118 cm³/mol. The molecule has 0 radical (unpaired) electrons. The summed E-state index contributed by atoms with van der Waals surface area (Å²) in [6.45, 7) is 6.57. The summed E-state index contributed by atoms with van der Waals surface area (Å²) in [5, 5.41) is 0. The SMILES string of the molecule is CCC(=O)N1CCc2cc(S(=O)(=O)NC(CC(C)C)c3ccc(OC)cc3)ccc21. The van der Waals surface area contributed by atoms with Gasteiger partial charge >= 0.3 is 0 Å². The van der Waals surface area contributed by atoms with E-state index >= 15 is 0 Å². The summed E-state index contributed by atoms with van der Waals surface area (Å²) < 4.78 is 34.4. The molecule has 1 aliphatic heterocycles. The van der Waals surface area contributed by atoms with Crippen LogP contribution in [0.1, 0.15) is 50.8 Å². The van der Waals surface area contributed by atoms with Gasteiger partial charge in [0.15, 0.2) is 0 Å². The van der Waals surface area contributed by atoms with E-state index in [1.807, 2.05) is 31.2 Å². The van der Waals surface area contributed by atoms with Gasteiger partial charge in [-0.3, -0.25) is 4.79 Å². The van der Waals surface area contributed by atoms with Crippen molar-refractivity contribution in [2.45, 2.75) is 51.0 Å². The van der Waals surface area contributed by atoms with Crippen LogP contribution in [0.5, 0.6) is 5.75 Å². The first-order chi connectivity index (χ1) is 14.2. The topological polar surface area (TPSA) is 75.7 Å². The number of hydrogen-bond donors (Lipinski definition) is 1. The van der Waals surface area contributed by atoms with E-state index in [4.69, 9.17) is 4.74 Å². The molecule has 2 aromatic carbocycles. The van der Waals surface area contributed by atoms with Crippen LogP contribution in [0.4, 0.5) is 5.69 Å². The molecule has 1 unspecified atom stereocenters. The average molecular weight is 431 g/mol. The molecule has 0 saturated heterocycles. The standard InChI is InChI=1S/C23H30N2O4S/c1-5-23(26)25-13-12-18-15-20(10-11-22(18)25)30(27,28)24-21(14-16(2)3)17-6-8-19(29-4)9-7-17/h6-11,15-16,21,24H,5,12-14H2,1-4H3. The third-order valence-electron chi connectivity index (χ3n) is 5.38. The Bertz CT molecular complexity index is 1000. The number of rotatable bonds is 8. The van der Waals surface area contributed by atoms with E-state index < -0.39 is 10.0 Å². The Balaban J connectivity index is 1.87. The van der Waals surface area contributed by atoms with E-state index in [2.05, 4.69) is 18.6 Å². The van der Waals surface area contributed by atoms with Gasteiger partial charge in [0.25, 0.3) is 0 Å². The summed E-state index contributed by atoms with van der Waals surface area (Å²) in [5.41, 5.74) is 2.60. The molecule has 162 valence electrons. The number of ether oxygens (including phenoxy) is 1. The quantitative estimate of drug-likeness (QED) is 0.685. The Hall–Kier alpha value is -2.38. The summed E-state index contributed by atoms with van der Waals surface area (Å²) in [5.74, 6) is 1.10. The Morgan fingerprint density at radius 1 is 1.17 bits per heavy atom. The molecule has 0 aromatic heterocycles. The van der Waals surface area contributed by atoms with Crippen LogP contribution < -0.4 is 14.4 Å². The number of carbonyl (C=O) groups excluding carboxylic acids is 1. The minimum absolute atomic E-state index is 0.0546. The maximum atomic E-state index is 13.2. The molecule has 7 heteroatoms. The molecule has 1 N–H and O–H groups in total. The van der Waals surface area contributed by atoms with Crippen molar-refractivity contribution in [2.75, 3.05) is 18.6 Å². The molecule has 0 aliphatic carbocycles. The zero-order chi connectivity index (χ0) is 21.9. The first kappa shape index (κ1) is 22.3. The normalized spacial score (nSPS) is 14.6. The van der Waals surface area contributed by atoms with Crippen LogP contribution in [-0.2, 0) is 21.2 Å². The lowest BCUT2D eigenvalue weighted by Crippen LogP contribution is -2.30. The Morgan fingerprint density at radius 2 is 1.87 bits per heavy atom. The van der Waals surface area contributed by atoms with Crippen LogP contribution in [0.25, 0.3) is 0 Å². The van der Waals surface area contributed by atoms with E-state index in [-0.39, 0.29) is 16.8 Å². The molecule has 6 nitrogen and oxygen atoms in total. The number of nitrogens with one attached hydrogen (secondary N) is 1. The van der Waals surface area contributed by atoms with E-state index in [1.165, 1.54) is 0 Å². The predicted octanol–water partition coefficient (Wildman–Crippen LogP) is 4.06. The lowest BCUT2D eigenvalue weighted by molar-refractivity contribution is -0.118. The summed E-state index contributed by atoms with van der Waals surface area (Å²) >= 11 is 0. The lowest BCUT2D eigenvalue weighted by atomic mass is 9.98. The lowest BCUT2D eigenvalue weighted by Gasteiger charge is -2.22. The highest BCUT2D eigenvalue weighted by Gasteiger charge is 2.27. The van der Waals surface area contributed by atoms with Crippen molar-refractivity contribution in [1.29, 1.82) is 0 Å². The van der Waals surface area contributed by atoms with Crippen LogP contribution in [0.3, 0.4) is 0 Å². The number of sulfonamides is 1. The molecule has 1 heterocycles. The zero-order valence-electron chi connectivity index (χ0n) is 18.0. The van der Waals surface area contributed by atoms with Crippen molar-refractivity contribution < 1.29 is 17.9 Å². The third-order valence-corrected chi connectivity index (χ3v) is 6.85. The largest absolute Gasteiger partial charge is 0.497 e. The molecule has 30 heavy (non-hydrogen) atoms. The van der Waals surface area contributed by atoms with Gasteiger partial charge < -0.3 is 9.64 Å². The van der Waals surface area contributed by atoms with Gasteiger partial charge in [-0.2, -0.15) is 0 Å². The highest BCUT2D eigenvalue weighted by atomic mass is 32.2. The highest BCUT2D eigenvalue weighted by molar-refractivity contribution is 7.89. The van der Waals surface area contributed by atoms with Crippen molar-refractivity contribution in [3.05, 3.63) is 53.6 Å².